The number of hydrogen-bond donors (Lipinski definition) is 1. The van der Waals surface area contributed by atoms with E-state index in [0.717, 1.165) is 16.5 Å². The predicted octanol–water partition coefficient (Wildman–Crippen LogP) is -0.992. The van der Waals surface area contributed by atoms with E-state index in [9.17, 15) is 13.2 Å². The van der Waals surface area contributed by atoms with Crippen LogP contribution in [0.5, 0.6) is 0 Å². The van der Waals surface area contributed by atoms with E-state index in [4.69, 9.17) is 0 Å². The molecule has 1 aromatic heterocycles. The second-order valence-corrected chi connectivity index (χ2v) is 3.74. The molecule has 0 amide bonds. The molecule has 12 heavy (non-hydrogen) atoms. The Morgan fingerprint density at radius 2 is 2.33 bits per heavy atom. The van der Waals surface area contributed by atoms with Crippen LogP contribution in [-0.2, 0) is 10.2 Å². The van der Waals surface area contributed by atoms with E-state index in [1.165, 1.54) is 7.05 Å². The predicted molar refractivity (Wildman–Crippen MR) is 41.0 cm³/mol. The van der Waals surface area contributed by atoms with Crippen LogP contribution in [0.1, 0.15) is 10.5 Å². The van der Waals surface area contributed by atoms with Crippen LogP contribution in [0.2, 0.25) is 0 Å². The lowest BCUT2D eigenvalue weighted by Gasteiger charge is -1.99. The van der Waals surface area contributed by atoms with Gasteiger partial charge in [0.05, 0.1) is 6.20 Å². The van der Waals surface area contributed by atoms with Gasteiger partial charge in [0.2, 0.25) is 0 Å². The molecule has 0 radical (unpaired) electrons. The molecule has 0 saturated heterocycles. The molecule has 0 atom stereocenters. The molecule has 0 fully saturated rings. The number of rotatable bonds is 3. The Labute approximate surface area is 69.4 Å². The van der Waals surface area contributed by atoms with Crippen molar-refractivity contribution in [1.82, 2.24) is 13.7 Å². The first-order chi connectivity index (χ1) is 5.60. The fourth-order valence-corrected chi connectivity index (χ4v) is 1.25. The van der Waals surface area contributed by atoms with E-state index in [0.29, 0.717) is 6.29 Å². The zero-order valence-electron chi connectivity index (χ0n) is 6.26. The molecule has 0 aliphatic heterocycles. The minimum Gasteiger partial charge on any atom is -0.296 e. The summed E-state index contributed by atoms with van der Waals surface area (Å²) in [5.41, 5.74) is 0.0776. The average molecular weight is 189 g/mol. The number of hydrogen-bond acceptors (Lipinski definition) is 4. The van der Waals surface area contributed by atoms with E-state index >= 15 is 0 Å². The number of aldehydes is 1. The van der Waals surface area contributed by atoms with Gasteiger partial charge >= 0.3 is 10.2 Å². The molecular weight excluding hydrogens is 182 g/mol. The zero-order chi connectivity index (χ0) is 9.19. The maximum Gasteiger partial charge on any atom is 0.305 e. The van der Waals surface area contributed by atoms with Crippen LogP contribution in [0.15, 0.2) is 12.5 Å². The molecule has 0 spiro atoms. The van der Waals surface area contributed by atoms with Crippen molar-refractivity contribution in [3.05, 3.63) is 18.2 Å². The van der Waals surface area contributed by atoms with Crippen molar-refractivity contribution in [2.75, 3.05) is 7.05 Å². The summed E-state index contributed by atoms with van der Waals surface area (Å²) < 4.78 is 25.0. The molecule has 0 aliphatic carbocycles. The standard InChI is InChI=1S/C5H7N3O3S/c1-6-12(10,11)8-2-5(3-9)7-4-8/h2-4,6H,1H3. The van der Waals surface area contributed by atoms with Gasteiger partial charge < -0.3 is 0 Å². The fourth-order valence-electron chi connectivity index (χ4n) is 0.618. The lowest BCUT2D eigenvalue weighted by atomic mass is 10.6. The van der Waals surface area contributed by atoms with Crippen molar-refractivity contribution in [3.63, 3.8) is 0 Å². The van der Waals surface area contributed by atoms with Gasteiger partial charge in [0.25, 0.3) is 0 Å². The highest BCUT2D eigenvalue weighted by atomic mass is 32.2. The van der Waals surface area contributed by atoms with Crippen molar-refractivity contribution in [3.8, 4) is 0 Å². The van der Waals surface area contributed by atoms with Crippen LogP contribution in [0, 0.1) is 0 Å². The van der Waals surface area contributed by atoms with Crippen molar-refractivity contribution in [1.29, 1.82) is 0 Å². The summed E-state index contributed by atoms with van der Waals surface area (Å²) in [6.45, 7) is 0. The Kier molecular flexibility index (Phi) is 2.25. The molecule has 1 aromatic rings. The molecule has 66 valence electrons. The van der Waals surface area contributed by atoms with Gasteiger partial charge in [0, 0.05) is 7.05 Å². The maximum absolute atomic E-state index is 11.0. The van der Waals surface area contributed by atoms with Gasteiger partial charge in [-0.25, -0.2) is 13.7 Å². The minimum absolute atomic E-state index is 0.0776. The number of nitrogens with one attached hydrogen (secondary N) is 1. The normalized spacial score (nSPS) is 11.4. The Morgan fingerprint density at radius 3 is 2.75 bits per heavy atom. The van der Waals surface area contributed by atoms with E-state index in [-0.39, 0.29) is 5.69 Å². The van der Waals surface area contributed by atoms with Gasteiger partial charge in [-0.1, -0.05) is 0 Å². The first kappa shape index (κ1) is 8.88. The summed E-state index contributed by atoms with van der Waals surface area (Å²) >= 11 is 0. The van der Waals surface area contributed by atoms with Crippen molar-refractivity contribution in [2.45, 2.75) is 0 Å². The lowest BCUT2D eigenvalue weighted by Crippen LogP contribution is -2.25. The molecule has 0 bridgehead atoms. The van der Waals surface area contributed by atoms with E-state index in [1.54, 1.807) is 0 Å². The van der Waals surface area contributed by atoms with Crippen LogP contribution >= 0.6 is 0 Å². The Bertz CT molecular complexity index is 380. The first-order valence-electron chi connectivity index (χ1n) is 3.03. The van der Waals surface area contributed by atoms with Crippen molar-refractivity contribution in [2.24, 2.45) is 0 Å². The molecule has 1 heterocycles. The molecule has 0 unspecified atom stereocenters. The second-order valence-electron chi connectivity index (χ2n) is 1.96. The molecule has 1 N–H and O–H groups in total. The quantitative estimate of drug-likeness (QED) is 0.619. The minimum atomic E-state index is -3.54. The molecule has 7 heteroatoms. The van der Waals surface area contributed by atoms with Gasteiger partial charge in [0.1, 0.15) is 12.0 Å². The number of aromatic nitrogens is 2. The summed E-state index contributed by atoms with van der Waals surface area (Å²) in [6, 6.07) is 0. The molecule has 0 saturated carbocycles. The fraction of sp³-hybridized carbons (Fsp3) is 0.200. The average Bonchev–Trinajstić information content (AvgIpc) is 2.52. The first-order valence-corrected chi connectivity index (χ1v) is 4.47. The number of carbonyl (C=O) groups excluding carboxylic acids is 1. The molecule has 1 rings (SSSR count). The summed E-state index contributed by atoms with van der Waals surface area (Å²) in [7, 11) is -2.27. The highest BCUT2D eigenvalue weighted by Crippen LogP contribution is 1.95. The summed E-state index contributed by atoms with van der Waals surface area (Å²) in [5.74, 6) is 0. The zero-order valence-corrected chi connectivity index (χ0v) is 7.08. The van der Waals surface area contributed by atoms with Crippen LogP contribution in [0.25, 0.3) is 0 Å². The third-order valence-corrected chi connectivity index (χ3v) is 2.51. The summed E-state index contributed by atoms with van der Waals surface area (Å²) in [5, 5.41) is 0. The van der Waals surface area contributed by atoms with Gasteiger partial charge in [-0.2, -0.15) is 8.42 Å². The molecule has 6 nitrogen and oxygen atoms in total. The van der Waals surface area contributed by atoms with E-state index in [2.05, 4.69) is 9.71 Å². The van der Waals surface area contributed by atoms with Gasteiger partial charge in [-0.05, 0) is 0 Å². The number of nitrogens with zero attached hydrogens (tertiary/aromatic N) is 2. The summed E-state index contributed by atoms with van der Waals surface area (Å²) in [4.78, 5) is 13.7. The SMILES string of the molecule is CNS(=O)(=O)n1cnc(C=O)c1. The third kappa shape index (κ3) is 1.51. The largest absolute Gasteiger partial charge is 0.305 e. The van der Waals surface area contributed by atoms with Gasteiger partial charge in [-0.3, -0.25) is 4.79 Å². The Balaban J connectivity index is 3.13. The van der Waals surface area contributed by atoms with Crippen LogP contribution in [-0.4, -0.2) is 30.7 Å². The Morgan fingerprint density at radius 1 is 1.67 bits per heavy atom. The van der Waals surface area contributed by atoms with Gasteiger partial charge in [-0.15, -0.1) is 0 Å². The van der Waals surface area contributed by atoms with Gasteiger partial charge in [0.15, 0.2) is 6.29 Å². The topological polar surface area (TPSA) is 81.1 Å². The Hall–Kier alpha value is -1.21. The lowest BCUT2D eigenvalue weighted by molar-refractivity contribution is 0.111. The van der Waals surface area contributed by atoms with Crippen LogP contribution in [0.3, 0.4) is 0 Å². The molecule has 0 aliphatic rings. The molecular formula is C5H7N3O3S. The monoisotopic (exact) mass is 189 g/mol. The van der Waals surface area contributed by atoms with Crippen LogP contribution < -0.4 is 4.72 Å². The highest BCUT2D eigenvalue weighted by molar-refractivity contribution is 7.87. The number of carbonyl (C=O) groups is 1. The van der Waals surface area contributed by atoms with Crippen molar-refractivity contribution >= 4 is 16.5 Å². The smallest absolute Gasteiger partial charge is 0.296 e. The maximum atomic E-state index is 11.0. The summed E-state index contributed by atoms with van der Waals surface area (Å²) in [6.07, 6.45) is 2.65. The second kappa shape index (κ2) is 3.03. The third-order valence-electron chi connectivity index (χ3n) is 1.24. The van der Waals surface area contributed by atoms with Crippen molar-refractivity contribution < 1.29 is 13.2 Å². The van der Waals surface area contributed by atoms with E-state index < -0.39 is 10.2 Å². The highest BCUT2D eigenvalue weighted by Gasteiger charge is 2.09. The van der Waals surface area contributed by atoms with E-state index in [1.807, 2.05) is 0 Å². The number of imidazole rings is 1. The molecule has 0 aromatic carbocycles. The van der Waals surface area contributed by atoms with Crippen LogP contribution in [0.4, 0.5) is 0 Å².